The van der Waals surface area contributed by atoms with Gasteiger partial charge in [-0.2, -0.15) is 0 Å². The van der Waals surface area contributed by atoms with E-state index in [1.807, 2.05) is 0 Å². The number of nitrogens with one attached hydrogen (secondary N) is 1. The predicted molar refractivity (Wildman–Crippen MR) is 84.1 cm³/mol. The number of hydrogen-bond donors (Lipinski definition) is 2. The second-order valence-electron chi connectivity index (χ2n) is 4.54. The Balaban J connectivity index is 2.03. The summed E-state index contributed by atoms with van der Waals surface area (Å²) in [7, 11) is 0. The van der Waals surface area contributed by atoms with E-state index in [1.54, 1.807) is 37.3 Å². The highest BCUT2D eigenvalue weighted by Crippen LogP contribution is 2.15. The van der Waals surface area contributed by atoms with Crippen molar-refractivity contribution in [2.24, 2.45) is 0 Å². The van der Waals surface area contributed by atoms with Gasteiger partial charge in [-0.1, -0.05) is 0 Å². The molecule has 0 atom stereocenters. The Kier molecular flexibility index (Phi) is 4.47. The van der Waals surface area contributed by atoms with Crippen molar-refractivity contribution in [3.8, 4) is 0 Å². The van der Waals surface area contributed by atoms with E-state index in [1.165, 1.54) is 18.2 Å². The lowest BCUT2D eigenvalue weighted by atomic mass is 10.2. The molecule has 22 heavy (non-hydrogen) atoms. The lowest BCUT2D eigenvalue weighted by molar-refractivity contribution is -0.384. The van der Waals surface area contributed by atoms with Gasteiger partial charge in [-0.15, -0.1) is 0 Å². The van der Waals surface area contributed by atoms with E-state index in [2.05, 4.69) is 10.3 Å². The summed E-state index contributed by atoms with van der Waals surface area (Å²) >= 11 is 0. The Morgan fingerprint density at radius 1 is 1.27 bits per heavy atom. The summed E-state index contributed by atoms with van der Waals surface area (Å²) in [6.07, 6.45) is 2.91. The number of nitrogen functional groups attached to an aromatic ring is 1. The van der Waals surface area contributed by atoms with Gasteiger partial charge >= 0.3 is 0 Å². The van der Waals surface area contributed by atoms with E-state index < -0.39 is 4.92 Å². The van der Waals surface area contributed by atoms with Crippen LogP contribution in [0.25, 0.3) is 6.08 Å². The van der Waals surface area contributed by atoms with Gasteiger partial charge in [0.15, 0.2) is 0 Å². The molecule has 7 nitrogen and oxygen atoms in total. The van der Waals surface area contributed by atoms with Crippen molar-refractivity contribution in [3.63, 3.8) is 0 Å². The molecule has 7 heteroatoms. The minimum Gasteiger partial charge on any atom is -0.384 e. The van der Waals surface area contributed by atoms with E-state index in [-0.39, 0.29) is 11.6 Å². The maximum absolute atomic E-state index is 11.8. The molecular weight excluding hydrogens is 284 g/mol. The number of carbonyl (C=O) groups excluding carboxylic acids is 1. The number of amides is 1. The van der Waals surface area contributed by atoms with Crippen LogP contribution in [0, 0.1) is 17.0 Å². The zero-order chi connectivity index (χ0) is 16.1. The van der Waals surface area contributed by atoms with Gasteiger partial charge in [0.2, 0.25) is 5.91 Å². The molecule has 0 aliphatic rings. The molecule has 0 bridgehead atoms. The zero-order valence-electron chi connectivity index (χ0n) is 11.8. The van der Waals surface area contributed by atoms with Gasteiger partial charge < -0.3 is 11.1 Å². The third-order valence-electron chi connectivity index (χ3n) is 2.90. The molecule has 3 N–H and O–H groups in total. The average Bonchev–Trinajstić information content (AvgIpc) is 2.48. The summed E-state index contributed by atoms with van der Waals surface area (Å²) < 4.78 is 0. The number of rotatable bonds is 4. The smallest absolute Gasteiger partial charge is 0.269 e. The summed E-state index contributed by atoms with van der Waals surface area (Å²) in [5.74, 6) is 0.0601. The average molecular weight is 298 g/mol. The first-order chi connectivity index (χ1) is 10.5. The van der Waals surface area contributed by atoms with Crippen molar-refractivity contribution >= 4 is 29.2 Å². The molecule has 112 valence electrons. The van der Waals surface area contributed by atoms with Crippen molar-refractivity contribution in [1.82, 2.24) is 4.98 Å². The standard InChI is InChI=1S/C15H14N4O3/c1-10-13(7-8-14(16)17-10)18-15(20)9-4-11-2-5-12(6-3-11)19(21)22/h2-9H,1H3,(H2,16,17)(H,18,20)/b9-4+. The lowest BCUT2D eigenvalue weighted by Gasteiger charge is -2.05. The van der Waals surface area contributed by atoms with Crippen LogP contribution in [0.2, 0.25) is 0 Å². The number of nitrogens with zero attached hydrogens (tertiary/aromatic N) is 2. The summed E-state index contributed by atoms with van der Waals surface area (Å²) in [6.45, 7) is 1.74. The van der Waals surface area contributed by atoms with Crippen molar-refractivity contribution < 1.29 is 9.72 Å². The summed E-state index contributed by atoms with van der Waals surface area (Å²) in [5.41, 5.74) is 7.43. The Morgan fingerprint density at radius 3 is 2.55 bits per heavy atom. The van der Waals surface area contributed by atoms with Gasteiger partial charge in [-0.05, 0) is 42.8 Å². The number of aryl methyl sites for hydroxylation is 1. The Bertz CT molecular complexity index is 739. The second-order valence-corrected chi connectivity index (χ2v) is 4.54. The number of anilines is 2. The van der Waals surface area contributed by atoms with Crippen molar-refractivity contribution in [3.05, 3.63) is 63.8 Å². The quantitative estimate of drug-likeness (QED) is 0.512. The number of pyridine rings is 1. The highest BCUT2D eigenvalue weighted by Gasteiger charge is 2.04. The molecule has 1 aromatic heterocycles. The number of carbonyl (C=O) groups is 1. The number of hydrogen-bond acceptors (Lipinski definition) is 5. The minimum atomic E-state index is -0.475. The van der Waals surface area contributed by atoms with Crippen molar-refractivity contribution in [2.75, 3.05) is 11.1 Å². The fraction of sp³-hybridized carbons (Fsp3) is 0.0667. The van der Waals surface area contributed by atoms with Crippen molar-refractivity contribution in [2.45, 2.75) is 6.92 Å². The molecule has 0 saturated heterocycles. The molecule has 0 aliphatic carbocycles. The largest absolute Gasteiger partial charge is 0.384 e. The van der Waals surface area contributed by atoms with Crippen LogP contribution in [-0.2, 0) is 4.79 Å². The van der Waals surface area contributed by atoms with Crippen LogP contribution in [0.5, 0.6) is 0 Å². The number of benzene rings is 1. The predicted octanol–water partition coefficient (Wildman–Crippen LogP) is 2.53. The maximum atomic E-state index is 11.8. The van der Waals surface area contributed by atoms with E-state index in [4.69, 9.17) is 5.73 Å². The molecule has 0 spiro atoms. The van der Waals surface area contributed by atoms with Crippen LogP contribution in [0.15, 0.2) is 42.5 Å². The molecule has 2 rings (SSSR count). The first-order valence-electron chi connectivity index (χ1n) is 6.42. The first-order valence-corrected chi connectivity index (χ1v) is 6.42. The van der Waals surface area contributed by atoms with Crippen LogP contribution in [0.1, 0.15) is 11.3 Å². The Hall–Kier alpha value is -3.22. The molecule has 0 radical (unpaired) electrons. The Labute approximate surface area is 126 Å². The van der Waals surface area contributed by atoms with Gasteiger partial charge in [0.1, 0.15) is 5.82 Å². The molecule has 0 fully saturated rings. The van der Waals surface area contributed by atoms with E-state index in [0.29, 0.717) is 22.8 Å². The topological polar surface area (TPSA) is 111 Å². The van der Waals surface area contributed by atoms with Crippen LogP contribution < -0.4 is 11.1 Å². The van der Waals surface area contributed by atoms with Gasteiger partial charge in [0.25, 0.3) is 5.69 Å². The second kappa shape index (κ2) is 6.49. The molecule has 1 amide bonds. The van der Waals surface area contributed by atoms with Crippen LogP contribution in [0.4, 0.5) is 17.2 Å². The highest BCUT2D eigenvalue weighted by atomic mass is 16.6. The van der Waals surface area contributed by atoms with Gasteiger partial charge in [-0.3, -0.25) is 14.9 Å². The maximum Gasteiger partial charge on any atom is 0.269 e. The van der Waals surface area contributed by atoms with Crippen LogP contribution >= 0.6 is 0 Å². The molecule has 2 aromatic rings. The van der Waals surface area contributed by atoms with Gasteiger partial charge in [-0.25, -0.2) is 4.98 Å². The van der Waals surface area contributed by atoms with Crippen LogP contribution in [-0.4, -0.2) is 15.8 Å². The molecule has 1 heterocycles. The third-order valence-corrected chi connectivity index (χ3v) is 2.90. The molecule has 1 aromatic carbocycles. The van der Waals surface area contributed by atoms with E-state index >= 15 is 0 Å². The summed E-state index contributed by atoms with van der Waals surface area (Å²) in [5, 5.41) is 13.2. The molecule has 0 aliphatic heterocycles. The fourth-order valence-electron chi connectivity index (χ4n) is 1.77. The van der Waals surface area contributed by atoms with Gasteiger partial charge in [0, 0.05) is 18.2 Å². The Morgan fingerprint density at radius 2 is 1.95 bits per heavy atom. The highest BCUT2D eigenvalue weighted by molar-refractivity contribution is 6.02. The number of nitro benzene ring substituents is 1. The monoisotopic (exact) mass is 298 g/mol. The molecule has 0 unspecified atom stereocenters. The SMILES string of the molecule is Cc1nc(N)ccc1NC(=O)/C=C/c1ccc([N+](=O)[O-])cc1. The summed E-state index contributed by atoms with van der Waals surface area (Å²) in [4.78, 5) is 26.0. The van der Waals surface area contributed by atoms with E-state index in [9.17, 15) is 14.9 Å². The number of non-ortho nitro benzene ring substituents is 1. The van der Waals surface area contributed by atoms with E-state index in [0.717, 1.165) is 0 Å². The third kappa shape index (κ3) is 3.89. The van der Waals surface area contributed by atoms with Gasteiger partial charge in [0.05, 0.1) is 16.3 Å². The normalized spacial score (nSPS) is 10.6. The zero-order valence-corrected chi connectivity index (χ0v) is 11.8. The fourth-order valence-corrected chi connectivity index (χ4v) is 1.77. The van der Waals surface area contributed by atoms with Crippen molar-refractivity contribution in [1.29, 1.82) is 0 Å². The number of nitrogens with two attached hydrogens (primary N) is 1. The minimum absolute atomic E-state index is 0.00479. The molecule has 0 saturated carbocycles. The molecular formula is C15H14N4O3. The van der Waals surface area contributed by atoms with Crippen LogP contribution in [0.3, 0.4) is 0 Å². The first kappa shape index (κ1) is 15.2. The number of nitro groups is 1. The lowest BCUT2D eigenvalue weighted by Crippen LogP contribution is -2.10. The summed E-state index contributed by atoms with van der Waals surface area (Å²) in [6, 6.07) is 9.17. The number of aromatic nitrogens is 1.